The lowest BCUT2D eigenvalue weighted by molar-refractivity contribution is -0.115. The van der Waals surface area contributed by atoms with Crippen molar-refractivity contribution in [2.45, 2.75) is 19.8 Å². The van der Waals surface area contributed by atoms with Gasteiger partial charge in [0, 0.05) is 60.7 Å². The average molecular weight is 421 g/mol. The second-order valence-electron chi connectivity index (χ2n) is 6.15. The molecular weight excluding hydrogens is 392 g/mol. The molecule has 0 aliphatic rings. The van der Waals surface area contributed by atoms with Crippen molar-refractivity contribution < 1.29 is 9.53 Å². The zero-order chi connectivity index (χ0) is 23.1. The Kier molecular flexibility index (Phi) is 11.3. The van der Waals surface area contributed by atoms with Crippen LogP contribution in [-0.4, -0.2) is 36.5 Å². The van der Waals surface area contributed by atoms with Crippen LogP contribution < -0.4 is 11.1 Å². The van der Waals surface area contributed by atoms with Gasteiger partial charge in [0.1, 0.15) is 0 Å². The van der Waals surface area contributed by atoms with Crippen LogP contribution in [0.5, 0.6) is 0 Å². The molecule has 0 fully saturated rings. The molecule has 0 bridgehead atoms. The first-order chi connectivity index (χ1) is 14.9. The molecule has 1 aromatic heterocycles. The number of amides is 1. The normalized spacial score (nSPS) is 12.8. The van der Waals surface area contributed by atoms with Crippen molar-refractivity contribution in [2.24, 2.45) is 10.7 Å². The molecule has 1 heterocycles. The Hall–Kier alpha value is -4.07. The number of nitrogens with zero attached hydrogens (tertiary/aromatic N) is 2. The molecule has 1 aromatic rings. The van der Waals surface area contributed by atoms with E-state index in [1.54, 1.807) is 37.7 Å². The fourth-order valence-corrected chi connectivity index (χ4v) is 2.46. The zero-order valence-corrected chi connectivity index (χ0v) is 17.8. The van der Waals surface area contributed by atoms with Crippen LogP contribution >= 0.6 is 0 Å². The van der Waals surface area contributed by atoms with E-state index in [0.717, 1.165) is 18.2 Å². The summed E-state index contributed by atoms with van der Waals surface area (Å²) in [5.41, 5.74) is 9.13. The van der Waals surface area contributed by atoms with Crippen LogP contribution in [0.3, 0.4) is 0 Å². The van der Waals surface area contributed by atoms with Gasteiger partial charge in [0.15, 0.2) is 12.3 Å². The molecule has 1 rings (SSSR count). The van der Waals surface area contributed by atoms with E-state index in [4.69, 9.17) is 21.3 Å². The van der Waals surface area contributed by atoms with Crippen LogP contribution in [0.2, 0.25) is 0 Å². The van der Waals surface area contributed by atoms with Gasteiger partial charge >= 0.3 is 0 Å². The second kappa shape index (κ2) is 14.0. The average Bonchev–Trinajstić information content (AvgIpc) is 2.77. The highest BCUT2D eigenvalue weighted by molar-refractivity contribution is 5.94. The van der Waals surface area contributed by atoms with Gasteiger partial charge < -0.3 is 21.2 Å². The third-order valence-corrected chi connectivity index (χ3v) is 4.07. The molecule has 0 aliphatic carbocycles. The van der Waals surface area contributed by atoms with E-state index in [2.05, 4.69) is 21.9 Å². The van der Waals surface area contributed by atoms with Gasteiger partial charge in [0.25, 0.3) is 0 Å². The molecule has 162 valence electrons. The maximum absolute atomic E-state index is 12.2. The minimum atomic E-state index is -0.346. The molecule has 0 unspecified atom stereocenters. The summed E-state index contributed by atoms with van der Waals surface area (Å²) in [4.78, 5) is 20.2. The summed E-state index contributed by atoms with van der Waals surface area (Å²) in [6, 6.07) is 1.72. The van der Waals surface area contributed by atoms with Gasteiger partial charge in [-0.1, -0.05) is 24.3 Å². The quantitative estimate of drug-likeness (QED) is 0.188. The molecule has 31 heavy (non-hydrogen) atoms. The number of hydrogen-bond donors (Lipinski definition) is 4. The van der Waals surface area contributed by atoms with Crippen molar-refractivity contribution in [3.63, 3.8) is 0 Å². The van der Waals surface area contributed by atoms with Gasteiger partial charge in [0.2, 0.25) is 5.91 Å². The summed E-state index contributed by atoms with van der Waals surface area (Å²) in [6.45, 7) is 5.75. The van der Waals surface area contributed by atoms with E-state index < -0.39 is 0 Å². The SMILES string of the molecule is C=C(/C=C\C(=C/C)CCC(=NC)OC=N)NC(=O)/C=C/c1cnccc1C(N)=CC=N. The number of pyridine rings is 1. The Balaban J connectivity index is 2.70. The van der Waals surface area contributed by atoms with Crippen LogP contribution in [-0.2, 0) is 9.53 Å². The summed E-state index contributed by atoms with van der Waals surface area (Å²) >= 11 is 0. The zero-order valence-electron chi connectivity index (χ0n) is 17.8. The number of carbonyl (C=O) groups excluding carboxylic acids is 1. The number of allylic oxidation sites excluding steroid dienone is 5. The Labute approximate surface area is 182 Å². The molecule has 0 aromatic carbocycles. The predicted molar refractivity (Wildman–Crippen MR) is 127 cm³/mol. The fraction of sp³-hybridized carbons (Fsp3) is 0.174. The van der Waals surface area contributed by atoms with E-state index in [0.29, 0.717) is 41.3 Å². The lowest BCUT2D eigenvalue weighted by atomic mass is 10.1. The first-order valence-electron chi connectivity index (χ1n) is 9.48. The Morgan fingerprint density at radius 2 is 2.10 bits per heavy atom. The number of nitrogens with two attached hydrogens (primary N) is 1. The first kappa shape index (κ1) is 25.0. The monoisotopic (exact) mass is 420 g/mol. The number of ether oxygens (including phenoxy) is 1. The fourth-order valence-electron chi connectivity index (χ4n) is 2.46. The number of aliphatic imine (C=N–C) groups is 1. The van der Waals surface area contributed by atoms with E-state index in [1.165, 1.54) is 12.2 Å². The molecule has 8 heteroatoms. The molecule has 5 N–H and O–H groups in total. The van der Waals surface area contributed by atoms with Crippen LogP contribution in [0.25, 0.3) is 11.8 Å². The van der Waals surface area contributed by atoms with Gasteiger partial charge in [-0.05, 0) is 37.6 Å². The molecule has 1 amide bonds. The summed E-state index contributed by atoms with van der Waals surface area (Å²) in [5, 5.41) is 16.8. The topological polar surface area (TPSA) is 137 Å². The summed E-state index contributed by atoms with van der Waals surface area (Å²) in [5.74, 6) is 0.131. The third kappa shape index (κ3) is 9.31. The molecule has 0 atom stereocenters. The van der Waals surface area contributed by atoms with E-state index in [9.17, 15) is 4.79 Å². The molecule has 0 saturated heterocycles. The number of rotatable bonds is 11. The number of aromatic nitrogens is 1. The first-order valence-corrected chi connectivity index (χ1v) is 9.48. The van der Waals surface area contributed by atoms with Crippen molar-refractivity contribution in [3.05, 3.63) is 77.8 Å². The Bertz CT molecular complexity index is 955. The molecule has 0 saturated carbocycles. The number of carbonyl (C=O) groups is 1. The van der Waals surface area contributed by atoms with Crippen LogP contribution in [0.1, 0.15) is 30.9 Å². The van der Waals surface area contributed by atoms with Gasteiger partial charge in [0.05, 0.1) is 0 Å². The van der Waals surface area contributed by atoms with Crippen molar-refractivity contribution in [1.82, 2.24) is 10.3 Å². The van der Waals surface area contributed by atoms with Crippen LogP contribution in [0, 0.1) is 10.8 Å². The molecule has 8 nitrogen and oxygen atoms in total. The van der Waals surface area contributed by atoms with Crippen molar-refractivity contribution in [3.8, 4) is 0 Å². The lowest BCUT2D eigenvalue weighted by Crippen LogP contribution is -2.18. The minimum absolute atomic E-state index is 0.346. The third-order valence-electron chi connectivity index (χ3n) is 4.07. The smallest absolute Gasteiger partial charge is 0.248 e. The molecule has 0 aliphatic heterocycles. The highest BCUT2D eigenvalue weighted by atomic mass is 16.5. The van der Waals surface area contributed by atoms with Gasteiger partial charge in [-0.15, -0.1) is 0 Å². The predicted octanol–water partition coefficient (Wildman–Crippen LogP) is 3.61. The van der Waals surface area contributed by atoms with Crippen LogP contribution in [0.4, 0.5) is 0 Å². The van der Waals surface area contributed by atoms with E-state index in [-0.39, 0.29) is 5.91 Å². The minimum Gasteiger partial charge on any atom is -0.432 e. The highest BCUT2D eigenvalue weighted by Crippen LogP contribution is 2.15. The number of nitrogens with one attached hydrogen (secondary N) is 3. The summed E-state index contributed by atoms with van der Waals surface area (Å²) < 4.78 is 5.00. The van der Waals surface area contributed by atoms with E-state index >= 15 is 0 Å². The Morgan fingerprint density at radius 1 is 1.32 bits per heavy atom. The highest BCUT2D eigenvalue weighted by Gasteiger charge is 2.04. The van der Waals surface area contributed by atoms with Gasteiger partial charge in [-0.25, -0.2) is 0 Å². The molecular formula is C23H28N6O2. The summed E-state index contributed by atoms with van der Waals surface area (Å²) in [6.07, 6.45) is 16.3. The molecule has 0 spiro atoms. The van der Waals surface area contributed by atoms with E-state index in [1.807, 2.05) is 19.1 Å². The maximum atomic E-state index is 12.2. The molecule has 0 radical (unpaired) electrons. The van der Waals surface area contributed by atoms with Crippen molar-refractivity contribution in [1.29, 1.82) is 10.8 Å². The van der Waals surface area contributed by atoms with Gasteiger partial charge in [-0.3, -0.25) is 20.2 Å². The summed E-state index contributed by atoms with van der Waals surface area (Å²) in [7, 11) is 1.61. The second-order valence-corrected chi connectivity index (χ2v) is 6.15. The van der Waals surface area contributed by atoms with Crippen LogP contribution in [0.15, 0.2) is 71.7 Å². The van der Waals surface area contributed by atoms with Crippen molar-refractivity contribution in [2.75, 3.05) is 7.05 Å². The largest absolute Gasteiger partial charge is 0.432 e. The Morgan fingerprint density at radius 3 is 2.74 bits per heavy atom. The van der Waals surface area contributed by atoms with Gasteiger partial charge in [-0.2, -0.15) is 0 Å². The maximum Gasteiger partial charge on any atom is 0.248 e. The lowest BCUT2D eigenvalue weighted by Gasteiger charge is -2.06. The van der Waals surface area contributed by atoms with Crippen molar-refractivity contribution >= 4 is 36.2 Å². The number of hydrogen-bond acceptors (Lipinski definition) is 7. The standard InChI is InChI=1S/C23H28N6O2/c1-4-18(7-10-23(27-3)31-16-25)6-5-17(2)29-22(30)9-8-19-15-28-14-12-20(19)21(26)11-13-24/h4-6,8-9,11-16,24-25H,2,7,10,26H2,1,3H3,(H,29,30)/b6-5-,9-8+,18-4+,21-11?,24-13?,25-16?,27-23?.